The predicted octanol–water partition coefficient (Wildman–Crippen LogP) is 4.29. The Hall–Kier alpha value is -1.91. The molecule has 3 N–H and O–H groups in total. The van der Waals surface area contributed by atoms with Crippen LogP contribution in [0.25, 0.3) is 0 Å². The van der Waals surface area contributed by atoms with Crippen LogP contribution in [0.5, 0.6) is 0 Å². The summed E-state index contributed by atoms with van der Waals surface area (Å²) < 4.78 is 13.0. The Bertz CT molecular complexity index is 731. The van der Waals surface area contributed by atoms with Crippen LogP contribution in [0.3, 0.4) is 0 Å². The minimum Gasteiger partial charge on any atom is -0.354 e. The summed E-state index contributed by atoms with van der Waals surface area (Å²) in [5, 5.41) is 2.95. The van der Waals surface area contributed by atoms with Crippen LogP contribution in [0.4, 0.5) is 4.39 Å². The first-order chi connectivity index (χ1) is 12.0. The van der Waals surface area contributed by atoms with Crippen LogP contribution < -0.4 is 11.1 Å². The number of benzene rings is 2. The molecule has 5 heteroatoms. The highest BCUT2D eigenvalue weighted by Gasteiger charge is 2.43. The third kappa shape index (κ3) is 4.83. The molecule has 26 heavy (non-hydrogen) atoms. The van der Waals surface area contributed by atoms with Crippen molar-refractivity contribution in [2.75, 3.05) is 6.54 Å². The molecule has 0 radical (unpaired) electrons. The Kier molecular flexibility index (Phi) is 6.79. The van der Waals surface area contributed by atoms with E-state index in [1.165, 1.54) is 17.7 Å². The van der Waals surface area contributed by atoms with Gasteiger partial charge in [0.05, 0.1) is 0 Å². The SMILES string of the molecule is CC(C)c1ccc(C(N)CNC(=O)C2CC2c2ccc(F)cc2)cc1.Cl. The van der Waals surface area contributed by atoms with Crippen LogP contribution >= 0.6 is 12.4 Å². The van der Waals surface area contributed by atoms with Gasteiger partial charge in [0.1, 0.15) is 5.82 Å². The van der Waals surface area contributed by atoms with E-state index in [4.69, 9.17) is 5.73 Å². The zero-order valence-corrected chi connectivity index (χ0v) is 15.9. The van der Waals surface area contributed by atoms with Gasteiger partial charge in [-0.3, -0.25) is 4.79 Å². The number of carbonyl (C=O) groups is 1. The van der Waals surface area contributed by atoms with Crippen molar-refractivity contribution in [1.82, 2.24) is 5.32 Å². The zero-order valence-electron chi connectivity index (χ0n) is 15.1. The average Bonchev–Trinajstić information content (AvgIpc) is 3.41. The van der Waals surface area contributed by atoms with Gasteiger partial charge >= 0.3 is 0 Å². The normalized spacial score (nSPS) is 19.6. The summed E-state index contributed by atoms with van der Waals surface area (Å²) in [5.41, 5.74) is 9.52. The van der Waals surface area contributed by atoms with Gasteiger partial charge in [-0.1, -0.05) is 50.2 Å². The molecule has 3 nitrogen and oxygen atoms in total. The maximum Gasteiger partial charge on any atom is 0.223 e. The molecule has 0 spiro atoms. The first-order valence-electron chi connectivity index (χ1n) is 8.84. The smallest absolute Gasteiger partial charge is 0.223 e. The summed E-state index contributed by atoms with van der Waals surface area (Å²) >= 11 is 0. The molecule has 2 aromatic carbocycles. The summed E-state index contributed by atoms with van der Waals surface area (Å²) in [5.74, 6) is 0.440. The summed E-state index contributed by atoms with van der Waals surface area (Å²) in [6.45, 7) is 4.73. The van der Waals surface area contributed by atoms with Crippen LogP contribution in [0, 0.1) is 11.7 Å². The predicted molar refractivity (Wildman–Crippen MR) is 105 cm³/mol. The molecule has 3 atom stereocenters. The van der Waals surface area contributed by atoms with E-state index in [0.29, 0.717) is 12.5 Å². The third-order valence-electron chi connectivity index (χ3n) is 4.95. The number of hydrogen-bond donors (Lipinski definition) is 2. The number of carbonyl (C=O) groups excluding carboxylic acids is 1. The molecule has 1 fully saturated rings. The second kappa shape index (κ2) is 8.65. The zero-order chi connectivity index (χ0) is 18.0. The number of hydrogen-bond acceptors (Lipinski definition) is 2. The number of rotatable bonds is 6. The van der Waals surface area contributed by atoms with Crippen LogP contribution in [0.2, 0.25) is 0 Å². The van der Waals surface area contributed by atoms with Gasteiger partial charge in [-0.05, 0) is 47.1 Å². The molecule has 140 valence electrons. The van der Waals surface area contributed by atoms with Crippen LogP contribution in [-0.4, -0.2) is 12.5 Å². The highest BCUT2D eigenvalue weighted by molar-refractivity contribution is 5.85. The van der Waals surface area contributed by atoms with E-state index in [9.17, 15) is 9.18 Å². The van der Waals surface area contributed by atoms with E-state index in [1.54, 1.807) is 12.1 Å². The second-order valence-electron chi connectivity index (χ2n) is 7.17. The van der Waals surface area contributed by atoms with Crippen molar-refractivity contribution in [1.29, 1.82) is 0 Å². The average molecular weight is 377 g/mol. The molecule has 1 aliphatic carbocycles. The number of nitrogens with two attached hydrogens (primary N) is 1. The number of nitrogens with one attached hydrogen (secondary N) is 1. The molecule has 2 aromatic rings. The molecule has 1 aliphatic rings. The van der Waals surface area contributed by atoms with E-state index in [1.807, 2.05) is 12.1 Å². The van der Waals surface area contributed by atoms with Gasteiger partial charge in [-0.25, -0.2) is 4.39 Å². The van der Waals surface area contributed by atoms with Crippen molar-refractivity contribution in [3.8, 4) is 0 Å². The standard InChI is InChI=1S/C21H25FN2O.ClH/c1-13(2)14-3-5-16(6-4-14)20(23)12-24-21(25)19-11-18(19)15-7-9-17(22)10-8-15;/h3-10,13,18-20H,11-12,23H2,1-2H3,(H,24,25);1H. The van der Waals surface area contributed by atoms with Gasteiger partial charge in [-0.2, -0.15) is 0 Å². The maximum atomic E-state index is 13.0. The number of halogens is 2. The Labute approximate surface area is 160 Å². The summed E-state index contributed by atoms with van der Waals surface area (Å²) in [6.07, 6.45) is 0.815. The molecule has 3 rings (SSSR count). The Morgan fingerprint density at radius 2 is 1.69 bits per heavy atom. The van der Waals surface area contributed by atoms with E-state index in [0.717, 1.165) is 17.5 Å². The van der Waals surface area contributed by atoms with E-state index >= 15 is 0 Å². The van der Waals surface area contributed by atoms with Gasteiger partial charge in [0.15, 0.2) is 0 Å². The lowest BCUT2D eigenvalue weighted by molar-refractivity contribution is -0.122. The fourth-order valence-electron chi connectivity index (χ4n) is 3.15. The van der Waals surface area contributed by atoms with E-state index < -0.39 is 0 Å². The molecular formula is C21H26ClFN2O. The fraction of sp³-hybridized carbons (Fsp3) is 0.381. The van der Waals surface area contributed by atoms with Crippen molar-refractivity contribution in [2.24, 2.45) is 11.7 Å². The van der Waals surface area contributed by atoms with Crippen molar-refractivity contribution >= 4 is 18.3 Å². The van der Waals surface area contributed by atoms with Gasteiger partial charge in [0, 0.05) is 18.5 Å². The van der Waals surface area contributed by atoms with Gasteiger partial charge in [-0.15, -0.1) is 12.4 Å². The fourth-order valence-corrected chi connectivity index (χ4v) is 3.15. The largest absolute Gasteiger partial charge is 0.354 e. The summed E-state index contributed by atoms with van der Waals surface area (Å²) in [7, 11) is 0. The minimum absolute atomic E-state index is 0. The molecule has 0 aliphatic heterocycles. The lowest BCUT2D eigenvalue weighted by atomic mass is 9.99. The molecule has 0 saturated heterocycles. The monoisotopic (exact) mass is 376 g/mol. The maximum absolute atomic E-state index is 13.0. The molecule has 0 aromatic heterocycles. The number of amides is 1. The van der Waals surface area contributed by atoms with Gasteiger partial charge in [0.2, 0.25) is 5.91 Å². The highest BCUT2D eigenvalue weighted by atomic mass is 35.5. The molecule has 0 heterocycles. The quantitative estimate of drug-likeness (QED) is 0.790. The van der Waals surface area contributed by atoms with Gasteiger partial charge in [0.25, 0.3) is 0 Å². The van der Waals surface area contributed by atoms with Crippen LogP contribution in [0.15, 0.2) is 48.5 Å². The van der Waals surface area contributed by atoms with Crippen molar-refractivity contribution < 1.29 is 9.18 Å². The topological polar surface area (TPSA) is 55.1 Å². The van der Waals surface area contributed by atoms with Crippen LogP contribution in [0.1, 0.15) is 54.8 Å². The molecule has 0 bridgehead atoms. The summed E-state index contributed by atoms with van der Waals surface area (Å²) in [6, 6.07) is 14.4. The molecule has 1 amide bonds. The molecule has 3 unspecified atom stereocenters. The molecular weight excluding hydrogens is 351 g/mol. The minimum atomic E-state index is -0.250. The second-order valence-corrected chi connectivity index (χ2v) is 7.17. The Morgan fingerprint density at radius 3 is 2.27 bits per heavy atom. The Balaban J connectivity index is 0.00000243. The lowest BCUT2D eigenvalue weighted by Gasteiger charge is -2.14. The third-order valence-corrected chi connectivity index (χ3v) is 4.95. The lowest BCUT2D eigenvalue weighted by Crippen LogP contribution is -2.33. The van der Waals surface area contributed by atoms with E-state index in [2.05, 4.69) is 31.3 Å². The van der Waals surface area contributed by atoms with Crippen molar-refractivity contribution in [3.63, 3.8) is 0 Å². The summed E-state index contributed by atoms with van der Waals surface area (Å²) in [4.78, 5) is 12.3. The van der Waals surface area contributed by atoms with E-state index in [-0.39, 0.29) is 42.0 Å². The van der Waals surface area contributed by atoms with Crippen molar-refractivity contribution in [3.05, 3.63) is 71.0 Å². The first-order valence-corrected chi connectivity index (χ1v) is 8.84. The highest BCUT2D eigenvalue weighted by Crippen LogP contribution is 2.47. The Morgan fingerprint density at radius 1 is 1.12 bits per heavy atom. The first kappa shape index (κ1) is 20.4. The van der Waals surface area contributed by atoms with Crippen LogP contribution in [-0.2, 0) is 4.79 Å². The van der Waals surface area contributed by atoms with Crippen molar-refractivity contribution in [2.45, 2.75) is 38.1 Å². The van der Waals surface area contributed by atoms with Gasteiger partial charge < -0.3 is 11.1 Å². The molecule has 1 saturated carbocycles.